The van der Waals surface area contributed by atoms with Crippen molar-refractivity contribution >= 4 is 23.2 Å². The third-order valence-electron chi connectivity index (χ3n) is 2.03. The summed E-state index contributed by atoms with van der Waals surface area (Å²) >= 11 is 12.1. The third-order valence-corrected chi connectivity index (χ3v) is 3.29. The van der Waals surface area contributed by atoms with Crippen LogP contribution in [-0.2, 0) is 0 Å². The van der Waals surface area contributed by atoms with Crippen molar-refractivity contribution in [2.24, 2.45) is 0 Å². The minimum Gasteiger partial charge on any atom is -0.121 e. The highest BCUT2D eigenvalue weighted by molar-refractivity contribution is 6.32. The maximum absolute atomic E-state index is 6.09. The summed E-state index contributed by atoms with van der Waals surface area (Å²) in [7, 11) is 0. The molecule has 1 aliphatic carbocycles. The maximum atomic E-state index is 6.09. The molecule has 0 saturated heterocycles. The van der Waals surface area contributed by atoms with Crippen LogP contribution in [0.25, 0.3) is 0 Å². The lowest BCUT2D eigenvalue weighted by Crippen LogP contribution is -2.32. The molecule has 0 radical (unpaired) electrons. The number of hydrogen-bond acceptors (Lipinski definition) is 0. The van der Waals surface area contributed by atoms with E-state index in [1.165, 1.54) is 12.8 Å². The van der Waals surface area contributed by atoms with Gasteiger partial charge in [-0.05, 0) is 19.8 Å². The van der Waals surface area contributed by atoms with E-state index >= 15 is 0 Å². The van der Waals surface area contributed by atoms with Gasteiger partial charge in [0, 0.05) is 0 Å². The van der Waals surface area contributed by atoms with Gasteiger partial charge in [-0.25, -0.2) is 0 Å². The smallest absolute Gasteiger partial charge is 0.0581 e. The van der Waals surface area contributed by atoms with Crippen molar-refractivity contribution in [1.82, 2.24) is 0 Å². The van der Waals surface area contributed by atoms with Gasteiger partial charge in [-0.1, -0.05) is 12.8 Å². The van der Waals surface area contributed by atoms with E-state index in [2.05, 4.69) is 0 Å². The first-order valence-electron chi connectivity index (χ1n) is 3.46. The Balaban J connectivity index is 2.49. The molecule has 0 N–H and O–H groups in total. The van der Waals surface area contributed by atoms with Crippen molar-refractivity contribution in [1.29, 1.82) is 0 Å². The standard InChI is InChI=1S/C7H12Cl2/c1-7(9)5-3-2-4-6(7)8/h6H,2-5H2,1H3. The SMILES string of the molecule is CC1(Cl)CCCCC1Cl. The van der Waals surface area contributed by atoms with E-state index in [0.29, 0.717) is 0 Å². The lowest BCUT2D eigenvalue weighted by Gasteiger charge is -2.31. The van der Waals surface area contributed by atoms with Gasteiger partial charge < -0.3 is 0 Å². The summed E-state index contributed by atoms with van der Waals surface area (Å²) in [5, 5.41) is 0.188. The Labute approximate surface area is 66.5 Å². The molecule has 0 bridgehead atoms. The fourth-order valence-corrected chi connectivity index (χ4v) is 1.76. The summed E-state index contributed by atoms with van der Waals surface area (Å²) < 4.78 is 0. The van der Waals surface area contributed by atoms with Crippen molar-refractivity contribution in [2.45, 2.75) is 42.9 Å². The van der Waals surface area contributed by atoms with Gasteiger partial charge in [-0.15, -0.1) is 23.2 Å². The predicted molar refractivity (Wildman–Crippen MR) is 42.4 cm³/mol. The Hall–Kier alpha value is 0.580. The van der Waals surface area contributed by atoms with Gasteiger partial charge in [-0.2, -0.15) is 0 Å². The highest BCUT2D eigenvalue weighted by Gasteiger charge is 2.32. The number of halogens is 2. The molecule has 54 valence electrons. The van der Waals surface area contributed by atoms with Crippen LogP contribution < -0.4 is 0 Å². The molecule has 1 fully saturated rings. The predicted octanol–water partition coefficient (Wildman–Crippen LogP) is 3.17. The molecule has 0 nitrogen and oxygen atoms in total. The summed E-state index contributed by atoms with van der Waals surface area (Å²) in [5.41, 5.74) is 0. The fourth-order valence-electron chi connectivity index (χ4n) is 1.25. The van der Waals surface area contributed by atoms with E-state index in [1.807, 2.05) is 6.92 Å². The molecule has 0 heterocycles. The van der Waals surface area contributed by atoms with Gasteiger partial charge in [0.15, 0.2) is 0 Å². The first kappa shape index (κ1) is 7.68. The second-order valence-electron chi connectivity index (χ2n) is 2.99. The molecule has 2 heteroatoms. The molecule has 1 aliphatic rings. The maximum Gasteiger partial charge on any atom is 0.0581 e. The van der Waals surface area contributed by atoms with E-state index in [1.54, 1.807) is 0 Å². The molecule has 2 unspecified atom stereocenters. The summed E-state index contributed by atoms with van der Waals surface area (Å²) in [6.45, 7) is 2.03. The van der Waals surface area contributed by atoms with E-state index in [-0.39, 0.29) is 10.3 Å². The average molecular weight is 167 g/mol. The number of hydrogen-bond donors (Lipinski definition) is 0. The lowest BCUT2D eigenvalue weighted by molar-refractivity contribution is 0.421. The van der Waals surface area contributed by atoms with Crippen LogP contribution in [0.3, 0.4) is 0 Å². The van der Waals surface area contributed by atoms with Crippen molar-refractivity contribution in [3.63, 3.8) is 0 Å². The average Bonchev–Trinajstić information content (AvgIpc) is 1.77. The Morgan fingerprint density at radius 1 is 1.44 bits per heavy atom. The van der Waals surface area contributed by atoms with Gasteiger partial charge in [0.05, 0.1) is 10.3 Å². The number of alkyl halides is 2. The molecule has 1 rings (SSSR count). The molecular formula is C7H12Cl2. The second-order valence-corrected chi connectivity index (χ2v) is 4.38. The van der Waals surface area contributed by atoms with Crippen molar-refractivity contribution in [3.8, 4) is 0 Å². The largest absolute Gasteiger partial charge is 0.121 e. The molecule has 1 saturated carbocycles. The van der Waals surface area contributed by atoms with Gasteiger partial charge in [-0.3, -0.25) is 0 Å². The zero-order valence-corrected chi connectivity index (χ0v) is 7.17. The highest BCUT2D eigenvalue weighted by Crippen LogP contribution is 2.37. The molecule has 0 aromatic heterocycles. The van der Waals surface area contributed by atoms with Crippen LogP contribution >= 0.6 is 23.2 Å². The quantitative estimate of drug-likeness (QED) is 0.486. The molecule has 0 aromatic carbocycles. The summed E-state index contributed by atoms with van der Waals surface area (Å²) in [6, 6.07) is 0. The lowest BCUT2D eigenvalue weighted by atomic mass is 9.89. The van der Waals surface area contributed by atoms with Crippen molar-refractivity contribution < 1.29 is 0 Å². The minimum absolute atomic E-state index is 0.125. The molecule has 0 spiro atoms. The van der Waals surface area contributed by atoms with Crippen molar-refractivity contribution in [2.75, 3.05) is 0 Å². The molecule has 0 aliphatic heterocycles. The Kier molecular flexibility index (Phi) is 2.28. The number of rotatable bonds is 0. The van der Waals surface area contributed by atoms with Gasteiger partial charge >= 0.3 is 0 Å². The minimum atomic E-state index is -0.125. The molecule has 9 heavy (non-hydrogen) atoms. The van der Waals surface area contributed by atoms with Crippen LogP contribution in [-0.4, -0.2) is 10.3 Å². The molecular weight excluding hydrogens is 155 g/mol. The van der Waals surface area contributed by atoms with Crippen LogP contribution in [0.5, 0.6) is 0 Å². The van der Waals surface area contributed by atoms with Crippen LogP contribution in [0, 0.1) is 0 Å². The summed E-state index contributed by atoms with van der Waals surface area (Å²) in [4.78, 5) is -0.125. The van der Waals surface area contributed by atoms with Crippen LogP contribution in [0.15, 0.2) is 0 Å². The fraction of sp³-hybridized carbons (Fsp3) is 1.00. The van der Waals surface area contributed by atoms with Crippen LogP contribution in [0.2, 0.25) is 0 Å². The highest BCUT2D eigenvalue weighted by atomic mass is 35.5. The zero-order valence-electron chi connectivity index (χ0n) is 5.66. The van der Waals surface area contributed by atoms with E-state index in [9.17, 15) is 0 Å². The Bertz CT molecular complexity index is 99.1. The van der Waals surface area contributed by atoms with Gasteiger partial charge in [0.2, 0.25) is 0 Å². The first-order chi connectivity index (χ1) is 4.13. The monoisotopic (exact) mass is 166 g/mol. The van der Waals surface area contributed by atoms with Crippen molar-refractivity contribution in [3.05, 3.63) is 0 Å². The summed E-state index contributed by atoms with van der Waals surface area (Å²) in [5.74, 6) is 0. The second kappa shape index (κ2) is 2.67. The van der Waals surface area contributed by atoms with Crippen LogP contribution in [0.4, 0.5) is 0 Å². The van der Waals surface area contributed by atoms with E-state index in [4.69, 9.17) is 23.2 Å². The van der Waals surface area contributed by atoms with Gasteiger partial charge in [0.1, 0.15) is 0 Å². The molecule has 0 aromatic rings. The first-order valence-corrected chi connectivity index (χ1v) is 4.27. The molecule has 0 amide bonds. The zero-order chi connectivity index (χ0) is 6.91. The summed E-state index contributed by atoms with van der Waals surface area (Å²) in [6.07, 6.45) is 4.64. The molecule has 2 atom stereocenters. The van der Waals surface area contributed by atoms with Gasteiger partial charge in [0.25, 0.3) is 0 Å². The normalized spacial score (nSPS) is 45.0. The Morgan fingerprint density at radius 2 is 2.11 bits per heavy atom. The third kappa shape index (κ3) is 1.75. The van der Waals surface area contributed by atoms with E-state index < -0.39 is 0 Å². The van der Waals surface area contributed by atoms with Crippen LogP contribution in [0.1, 0.15) is 32.6 Å². The topological polar surface area (TPSA) is 0 Å². The Morgan fingerprint density at radius 3 is 2.44 bits per heavy atom. The van der Waals surface area contributed by atoms with E-state index in [0.717, 1.165) is 12.8 Å².